The Labute approximate surface area is 96.6 Å². The van der Waals surface area contributed by atoms with Gasteiger partial charge in [-0.1, -0.05) is 0 Å². The fourth-order valence-electron chi connectivity index (χ4n) is 1.23. The first-order valence-electron chi connectivity index (χ1n) is 4.66. The molecule has 0 unspecified atom stereocenters. The van der Waals surface area contributed by atoms with Crippen LogP contribution in [0.5, 0.6) is 5.75 Å². The standard InChI is InChI=1S/C11H16O3Se/c1-8(12)10-6-9(14-3)4-5-11(10)15-7-13-2/h4-6,8,12H,7H2,1-3H3/t8-/m0/s1. The van der Waals surface area contributed by atoms with Crippen LogP contribution in [0.1, 0.15) is 18.6 Å². The summed E-state index contributed by atoms with van der Waals surface area (Å²) in [5.74, 6) is 0.780. The fourth-order valence-corrected chi connectivity index (χ4v) is 2.92. The van der Waals surface area contributed by atoms with Crippen molar-refractivity contribution in [3.8, 4) is 5.75 Å². The van der Waals surface area contributed by atoms with Crippen LogP contribution in [0.4, 0.5) is 0 Å². The average molecular weight is 275 g/mol. The zero-order valence-electron chi connectivity index (χ0n) is 9.19. The summed E-state index contributed by atoms with van der Waals surface area (Å²) in [7, 11) is 3.31. The minimum atomic E-state index is -0.464. The van der Waals surface area contributed by atoms with Crippen molar-refractivity contribution in [1.82, 2.24) is 0 Å². The Bertz CT molecular complexity index is 313. The van der Waals surface area contributed by atoms with E-state index < -0.39 is 6.10 Å². The zero-order chi connectivity index (χ0) is 11.3. The Morgan fingerprint density at radius 1 is 1.40 bits per heavy atom. The second-order valence-corrected chi connectivity index (χ2v) is 5.15. The van der Waals surface area contributed by atoms with Crippen LogP contribution in [0, 0.1) is 0 Å². The number of ether oxygens (including phenoxy) is 2. The summed E-state index contributed by atoms with van der Waals surface area (Å²) in [5.41, 5.74) is 1.66. The topological polar surface area (TPSA) is 38.7 Å². The molecule has 1 aromatic carbocycles. The third-order valence-electron chi connectivity index (χ3n) is 2.00. The first kappa shape index (κ1) is 12.5. The Morgan fingerprint density at radius 3 is 2.67 bits per heavy atom. The number of rotatable bonds is 5. The van der Waals surface area contributed by atoms with Crippen LogP contribution in [0.15, 0.2) is 18.2 Å². The third kappa shape index (κ3) is 3.50. The molecule has 15 heavy (non-hydrogen) atoms. The summed E-state index contributed by atoms with van der Waals surface area (Å²) in [4.78, 5) is 0. The maximum atomic E-state index is 9.64. The Hall–Kier alpha value is -0.541. The van der Waals surface area contributed by atoms with Gasteiger partial charge in [-0.3, -0.25) is 0 Å². The van der Waals surface area contributed by atoms with Crippen LogP contribution in [0.2, 0.25) is 0 Å². The summed E-state index contributed by atoms with van der Waals surface area (Å²) in [6, 6.07) is 5.80. The third-order valence-corrected chi connectivity index (χ3v) is 4.17. The Kier molecular flexibility index (Phi) is 5.12. The molecule has 0 aliphatic rings. The van der Waals surface area contributed by atoms with Gasteiger partial charge >= 0.3 is 96.3 Å². The van der Waals surface area contributed by atoms with Crippen molar-refractivity contribution >= 4 is 19.4 Å². The summed E-state index contributed by atoms with van der Waals surface area (Å²) in [5, 5.41) is 9.64. The van der Waals surface area contributed by atoms with Crippen molar-refractivity contribution in [1.29, 1.82) is 0 Å². The van der Waals surface area contributed by atoms with E-state index in [1.54, 1.807) is 21.1 Å². The Morgan fingerprint density at radius 2 is 2.13 bits per heavy atom. The molecular weight excluding hydrogens is 259 g/mol. The van der Waals surface area contributed by atoms with E-state index in [9.17, 15) is 5.11 Å². The van der Waals surface area contributed by atoms with Crippen molar-refractivity contribution in [3.63, 3.8) is 0 Å². The quantitative estimate of drug-likeness (QED) is 0.803. The van der Waals surface area contributed by atoms with Crippen LogP contribution < -0.4 is 9.20 Å². The first-order valence-corrected chi connectivity index (χ1v) is 6.73. The molecular formula is C11H16O3Se. The zero-order valence-corrected chi connectivity index (χ0v) is 10.9. The van der Waals surface area contributed by atoms with Crippen molar-refractivity contribution in [2.45, 2.75) is 13.0 Å². The van der Waals surface area contributed by atoms with E-state index >= 15 is 0 Å². The van der Waals surface area contributed by atoms with Gasteiger partial charge in [0.05, 0.1) is 0 Å². The van der Waals surface area contributed by atoms with Crippen molar-refractivity contribution in [2.24, 2.45) is 0 Å². The molecule has 0 aliphatic carbocycles. The van der Waals surface area contributed by atoms with E-state index in [0.29, 0.717) is 0 Å². The van der Waals surface area contributed by atoms with Crippen LogP contribution >= 0.6 is 0 Å². The molecule has 1 aromatic rings. The molecule has 1 rings (SSSR count). The number of hydrogen-bond acceptors (Lipinski definition) is 3. The predicted octanol–water partition coefficient (Wildman–Crippen LogP) is 0.682. The molecule has 0 saturated carbocycles. The van der Waals surface area contributed by atoms with Crippen molar-refractivity contribution in [3.05, 3.63) is 23.8 Å². The number of methoxy groups -OCH3 is 2. The molecule has 1 atom stereocenters. The molecule has 84 valence electrons. The second-order valence-electron chi connectivity index (χ2n) is 3.13. The molecule has 0 bridgehead atoms. The van der Waals surface area contributed by atoms with Gasteiger partial charge in [-0.25, -0.2) is 0 Å². The van der Waals surface area contributed by atoms with Crippen molar-refractivity contribution in [2.75, 3.05) is 19.7 Å². The predicted molar refractivity (Wildman–Crippen MR) is 60.9 cm³/mol. The number of hydrogen-bond donors (Lipinski definition) is 1. The van der Waals surface area contributed by atoms with E-state index in [4.69, 9.17) is 9.47 Å². The molecule has 4 heteroatoms. The molecule has 0 aliphatic heterocycles. The summed E-state index contributed by atoms with van der Waals surface area (Å²) < 4.78 is 11.3. The molecule has 1 N–H and O–H groups in total. The van der Waals surface area contributed by atoms with Gasteiger partial charge in [-0.05, 0) is 0 Å². The molecule has 0 radical (unpaired) electrons. The number of aliphatic hydroxyl groups is 1. The van der Waals surface area contributed by atoms with Gasteiger partial charge in [0.1, 0.15) is 0 Å². The van der Waals surface area contributed by atoms with Gasteiger partial charge in [0.15, 0.2) is 0 Å². The van der Waals surface area contributed by atoms with Crippen molar-refractivity contribution < 1.29 is 14.6 Å². The fraction of sp³-hybridized carbons (Fsp3) is 0.455. The molecule has 0 aromatic heterocycles. The number of aliphatic hydroxyl groups excluding tert-OH is 1. The van der Waals surface area contributed by atoms with Gasteiger partial charge in [-0.2, -0.15) is 0 Å². The molecule has 0 fully saturated rings. The van der Waals surface area contributed by atoms with Gasteiger partial charge < -0.3 is 0 Å². The second kappa shape index (κ2) is 6.13. The maximum absolute atomic E-state index is 9.64. The molecule has 0 saturated heterocycles. The van der Waals surface area contributed by atoms with Crippen LogP contribution in [0.3, 0.4) is 0 Å². The van der Waals surface area contributed by atoms with Crippen LogP contribution in [-0.2, 0) is 4.74 Å². The monoisotopic (exact) mass is 276 g/mol. The number of benzene rings is 1. The molecule has 3 nitrogen and oxygen atoms in total. The van der Waals surface area contributed by atoms with Gasteiger partial charge in [0.2, 0.25) is 0 Å². The first-order chi connectivity index (χ1) is 7.19. The molecule has 0 amide bonds. The van der Waals surface area contributed by atoms with Crippen LogP contribution in [-0.4, -0.2) is 39.8 Å². The van der Waals surface area contributed by atoms with E-state index in [1.165, 1.54) is 4.46 Å². The summed E-state index contributed by atoms with van der Waals surface area (Å²) in [6.07, 6.45) is -0.464. The van der Waals surface area contributed by atoms with Gasteiger partial charge in [0.25, 0.3) is 0 Å². The van der Waals surface area contributed by atoms with Gasteiger partial charge in [-0.15, -0.1) is 0 Å². The van der Waals surface area contributed by atoms with E-state index in [2.05, 4.69) is 0 Å². The SMILES string of the molecule is COC[Se]c1ccc(OC)cc1[C@H](C)O. The summed E-state index contributed by atoms with van der Waals surface area (Å²) in [6.45, 7) is 1.77. The normalized spacial score (nSPS) is 12.5. The van der Waals surface area contributed by atoms with Gasteiger partial charge in [0, 0.05) is 0 Å². The molecule has 0 heterocycles. The molecule has 0 spiro atoms. The minimum absolute atomic E-state index is 0.243. The summed E-state index contributed by atoms with van der Waals surface area (Å²) >= 11 is 0.243. The Balaban J connectivity index is 2.93. The average Bonchev–Trinajstić information content (AvgIpc) is 2.26. The van der Waals surface area contributed by atoms with Crippen LogP contribution in [0.25, 0.3) is 0 Å². The van der Waals surface area contributed by atoms with E-state index in [-0.39, 0.29) is 15.0 Å². The van der Waals surface area contributed by atoms with E-state index in [1.807, 2.05) is 18.2 Å². The van der Waals surface area contributed by atoms with E-state index in [0.717, 1.165) is 16.8 Å².